The third-order valence-corrected chi connectivity index (χ3v) is 3.42. The van der Waals surface area contributed by atoms with Crippen LogP contribution < -0.4 is 11.5 Å². The topological polar surface area (TPSA) is 72.3 Å². The van der Waals surface area contributed by atoms with E-state index in [0.717, 1.165) is 12.0 Å². The van der Waals surface area contributed by atoms with Crippen LogP contribution in [0.25, 0.3) is 0 Å². The Morgan fingerprint density at radius 2 is 2.05 bits per heavy atom. The summed E-state index contributed by atoms with van der Waals surface area (Å²) in [5.41, 5.74) is 12.4. The number of nitrogens with zero attached hydrogens (tertiary/aromatic N) is 1. The first-order valence-corrected chi connectivity index (χ1v) is 7.38. The van der Waals surface area contributed by atoms with Gasteiger partial charge >= 0.3 is 0 Å². The van der Waals surface area contributed by atoms with E-state index < -0.39 is 5.91 Å². The van der Waals surface area contributed by atoms with Crippen LogP contribution in [0.4, 0.5) is 4.39 Å². The second-order valence-electron chi connectivity index (χ2n) is 5.86. The number of primary amides is 1. The Labute approximate surface area is 126 Å². The first kappa shape index (κ1) is 17.6. The van der Waals surface area contributed by atoms with Gasteiger partial charge in [-0.3, -0.25) is 9.69 Å². The molecule has 0 aliphatic heterocycles. The predicted octanol–water partition coefficient (Wildman–Crippen LogP) is 2.05. The number of halogens is 1. The van der Waals surface area contributed by atoms with Crippen molar-refractivity contribution >= 4 is 5.91 Å². The van der Waals surface area contributed by atoms with E-state index in [-0.39, 0.29) is 24.4 Å². The number of rotatable bonds is 8. The summed E-state index contributed by atoms with van der Waals surface area (Å²) in [5, 5.41) is 0. The number of carbonyl (C=O) groups excluding carboxylic acids is 1. The van der Waals surface area contributed by atoms with Gasteiger partial charge in [0.15, 0.2) is 0 Å². The van der Waals surface area contributed by atoms with E-state index in [0.29, 0.717) is 12.5 Å². The number of hydrogen-bond acceptors (Lipinski definition) is 3. The fourth-order valence-corrected chi connectivity index (χ4v) is 2.59. The monoisotopic (exact) mass is 295 g/mol. The summed E-state index contributed by atoms with van der Waals surface area (Å²) in [6.45, 7) is 6.90. The zero-order valence-electron chi connectivity index (χ0n) is 13.1. The minimum Gasteiger partial charge on any atom is -0.369 e. The zero-order chi connectivity index (χ0) is 16.0. The van der Waals surface area contributed by atoms with Gasteiger partial charge in [-0.1, -0.05) is 32.9 Å². The highest BCUT2D eigenvalue weighted by Crippen LogP contribution is 2.26. The summed E-state index contributed by atoms with van der Waals surface area (Å²) in [6, 6.07) is 5.98. The van der Waals surface area contributed by atoms with Gasteiger partial charge < -0.3 is 11.5 Å². The average Bonchev–Trinajstić information content (AvgIpc) is 2.37. The summed E-state index contributed by atoms with van der Waals surface area (Å²) in [7, 11) is 0. The highest BCUT2D eigenvalue weighted by Gasteiger charge is 2.27. The minimum atomic E-state index is -0.402. The van der Waals surface area contributed by atoms with Gasteiger partial charge in [-0.05, 0) is 30.0 Å². The van der Waals surface area contributed by atoms with Crippen molar-refractivity contribution in [1.29, 1.82) is 0 Å². The molecule has 1 amide bonds. The molecule has 1 aromatic carbocycles. The van der Waals surface area contributed by atoms with Crippen LogP contribution in [0, 0.1) is 11.7 Å². The van der Waals surface area contributed by atoms with Gasteiger partial charge in [-0.2, -0.15) is 0 Å². The van der Waals surface area contributed by atoms with Crippen LogP contribution >= 0.6 is 0 Å². The van der Waals surface area contributed by atoms with E-state index in [4.69, 9.17) is 11.5 Å². The number of amides is 1. The fraction of sp³-hybridized carbons (Fsp3) is 0.562. The zero-order valence-corrected chi connectivity index (χ0v) is 13.1. The largest absolute Gasteiger partial charge is 0.369 e. The second-order valence-corrected chi connectivity index (χ2v) is 5.86. The van der Waals surface area contributed by atoms with Gasteiger partial charge in [0, 0.05) is 12.6 Å². The molecular weight excluding hydrogens is 269 g/mol. The van der Waals surface area contributed by atoms with E-state index in [9.17, 15) is 9.18 Å². The Hall–Kier alpha value is -1.46. The highest BCUT2D eigenvalue weighted by atomic mass is 19.1. The van der Waals surface area contributed by atoms with E-state index in [2.05, 4.69) is 13.8 Å². The normalized spacial score (nSPS) is 14.4. The first-order valence-electron chi connectivity index (χ1n) is 7.38. The van der Waals surface area contributed by atoms with E-state index >= 15 is 0 Å². The Bertz CT molecular complexity index is 465. The molecule has 0 saturated carbocycles. The quantitative estimate of drug-likeness (QED) is 0.771. The third kappa shape index (κ3) is 5.44. The highest BCUT2D eigenvalue weighted by molar-refractivity contribution is 5.76. The molecule has 1 aromatic rings. The van der Waals surface area contributed by atoms with Crippen molar-refractivity contribution < 1.29 is 9.18 Å². The van der Waals surface area contributed by atoms with Crippen molar-refractivity contribution in [1.82, 2.24) is 4.90 Å². The van der Waals surface area contributed by atoms with Gasteiger partial charge in [0.05, 0.1) is 12.6 Å². The summed E-state index contributed by atoms with van der Waals surface area (Å²) in [4.78, 5) is 13.3. The maximum absolute atomic E-state index is 13.5. The second kappa shape index (κ2) is 8.10. The molecule has 2 atom stereocenters. The van der Waals surface area contributed by atoms with Crippen LogP contribution in [0.2, 0.25) is 0 Å². The average molecular weight is 295 g/mol. The van der Waals surface area contributed by atoms with E-state index in [1.54, 1.807) is 6.07 Å². The van der Waals surface area contributed by atoms with Crippen LogP contribution in [0.5, 0.6) is 0 Å². The van der Waals surface area contributed by atoms with Crippen LogP contribution in [0.15, 0.2) is 24.3 Å². The number of benzene rings is 1. The molecule has 1 rings (SSSR count). The van der Waals surface area contributed by atoms with Gasteiger partial charge in [0.1, 0.15) is 5.82 Å². The summed E-state index contributed by atoms with van der Waals surface area (Å²) >= 11 is 0. The minimum absolute atomic E-state index is 0.118. The maximum atomic E-state index is 13.5. The molecule has 0 bridgehead atoms. The summed E-state index contributed by atoms with van der Waals surface area (Å²) < 4.78 is 13.5. The molecule has 0 aliphatic rings. The SMILES string of the molecule is CCC(N)C(c1cccc(F)c1)N(CC(N)=O)CC(C)C. The van der Waals surface area contributed by atoms with Gasteiger partial charge in [-0.15, -0.1) is 0 Å². The molecule has 5 heteroatoms. The molecule has 0 aliphatic carbocycles. The molecule has 21 heavy (non-hydrogen) atoms. The van der Waals surface area contributed by atoms with Crippen LogP contribution in [0.1, 0.15) is 38.8 Å². The third-order valence-electron chi connectivity index (χ3n) is 3.42. The lowest BCUT2D eigenvalue weighted by Crippen LogP contribution is -2.46. The number of hydrogen-bond donors (Lipinski definition) is 2. The van der Waals surface area contributed by atoms with Gasteiger partial charge in [0.25, 0.3) is 0 Å². The Morgan fingerprint density at radius 1 is 1.38 bits per heavy atom. The van der Waals surface area contributed by atoms with Crippen molar-refractivity contribution in [3.05, 3.63) is 35.6 Å². The van der Waals surface area contributed by atoms with Crippen molar-refractivity contribution in [2.45, 2.75) is 39.3 Å². The molecule has 0 radical (unpaired) electrons. The van der Waals surface area contributed by atoms with Crippen molar-refractivity contribution in [2.24, 2.45) is 17.4 Å². The predicted molar refractivity (Wildman–Crippen MR) is 83.0 cm³/mol. The molecule has 4 nitrogen and oxygen atoms in total. The van der Waals surface area contributed by atoms with Gasteiger partial charge in [0.2, 0.25) is 5.91 Å². The number of carbonyl (C=O) groups is 1. The lowest BCUT2D eigenvalue weighted by atomic mass is 9.95. The summed E-state index contributed by atoms with van der Waals surface area (Å²) in [6.07, 6.45) is 0.731. The Morgan fingerprint density at radius 3 is 2.52 bits per heavy atom. The molecule has 0 spiro atoms. The smallest absolute Gasteiger partial charge is 0.231 e. The molecule has 118 valence electrons. The van der Waals surface area contributed by atoms with Crippen molar-refractivity contribution in [3.63, 3.8) is 0 Å². The number of nitrogens with two attached hydrogens (primary N) is 2. The summed E-state index contributed by atoms with van der Waals surface area (Å²) in [5.74, 6) is -0.353. The Balaban J connectivity index is 3.15. The van der Waals surface area contributed by atoms with Crippen molar-refractivity contribution in [3.8, 4) is 0 Å². The van der Waals surface area contributed by atoms with Crippen LogP contribution in [0.3, 0.4) is 0 Å². The standard InChI is InChI=1S/C16H26FN3O/c1-4-14(18)16(12-6-5-7-13(17)8-12)20(9-11(2)3)10-15(19)21/h5-8,11,14,16H,4,9-10,18H2,1-3H3,(H2,19,21). The van der Waals surface area contributed by atoms with Gasteiger partial charge in [-0.25, -0.2) is 4.39 Å². The lowest BCUT2D eigenvalue weighted by molar-refractivity contribution is -0.120. The molecule has 0 heterocycles. The molecule has 0 fully saturated rings. The maximum Gasteiger partial charge on any atom is 0.231 e. The Kier molecular flexibility index (Phi) is 6.78. The molecular formula is C16H26FN3O. The van der Waals surface area contributed by atoms with Crippen LogP contribution in [-0.2, 0) is 4.79 Å². The van der Waals surface area contributed by atoms with E-state index in [1.165, 1.54) is 12.1 Å². The molecule has 4 N–H and O–H groups in total. The van der Waals surface area contributed by atoms with Crippen LogP contribution in [-0.4, -0.2) is 29.9 Å². The van der Waals surface area contributed by atoms with Crippen molar-refractivity contribution in [2.75, 3.05) is 13.1 Å². The van der Waals surface area contributed by atoms with E-state index in [1.807, 2.05) is 17.9 Å². The molecule has 2 unspecified atom stereocenters. The lowest BCUT2D eigenvalue weighted by Gasteiger charge is -2.36. The molecule has 0 saturated heterocycles. The fourth-order valence-electron chi connectivity index (χ4n) is 2.59. The molecule has 0 aromatic heterocycles. The first-order chi connectivity index (χ1) is 9.85.